The molecule has 0 spiro atoms. The summed E-state index contributed by atoms with van der Waals surface area (Å²) in [6.45, 7) is 4.23. The molecule has 3 nitrogen and oxygen atoms in total. The average molecular weight is 246 g/mol. The summed E-state index contributed by atoms with van der Waals surface area (Å²) in [6, 6.07) is 6.88. The number of rotatable bonds is 2. The fourth-order valence-electron chi connectivity index (χ4n) is 3.05. The van der Waals surface area contributed by atoms with Gasteiger partial charge in [0.1, 0.15) is 0 Å². The molecule has 2 aliphatic heterocycles. The molecule has 0 saturated carbocycles. The molecule has 2 aliphatic rings. The quantitative estimate of drug-likeness (QED) is 0.859. The number of aliphatic hydroxyl groups is 1. The van der Waals surface area contributed by atoms with Gasteiger partial charge in [0.15, 0.2) is 0 Å². The minimum atomic E-state index is -0.0741. The number of hydrogen-bond donors (Lipinski definition) is 1. The summed E-state index contributed by atoms with van der Waals surface area (Å²) in [6.07, 6.45) is 2.95. The van der Waals surface area contributed by atoms with E-state index in [1.807, 2.05) is 0 Å². The first kappa shape index (κ1) is 12.0. The summed E-state index contributed by atoms with van der Waals surface area (Å²) in [5.41, 5.74) is 4.31. The maximum Gasteiger partial charge on any atom is 0.0564 e. The van der Waals surface area contributed by atoms with Crippen molar-refractivity contribution in [3.05, 3.63) is 29.3 Å². The van der Waals surface area contributed by atoms with Crippen LogP contribution in [0.2, 0.25) is 0 Å². The van der Waals surface area contributed by atoms with E-state index in [1.54, 1.807) is 0 Å². The van der Waals surface area contributed by atoms with Crippen molar-refractivity contribution in [3.63, 3.8) is 0 Å². The number of aliphatic hydroxyl groups excluding tert-OH is 1. The summed E-state index contributed by atoms with van der Waals surface area (Å²) < 4.78 is 0. The number of piperidine rings is 1. The van der Waals surface area contributed by atoms with Crippen LogP contribution in [-0.4, -0.2) is 42.8 Å². The van der Waals surface area contributed by atoms with Crippen molar-refractivity contribution in [2.24, 2.45) is 0 Å². The Hall–Kier alpha value is -1.06. The van der Waals surface area contributed by atoms with E-state index in [-0.39, 0.29) is 6.10 Å². The normalized spacial score (nSPS) is 21.3. The van der Waals surface area contributed by atoms with E-state index in [1.165, 1.54) is 23.2 Å². The Morgan fingerprint density at radius 3 is 2.78 bits per heavy atom. The number of hydrogen-bond acceptors (Lipinski definition) is 3. The van der Waals surface area contributed by atoms with E-state index in [0.29, 0.717) is 0 Å². The first-order valence-electron chi connectivity index (χ1n) is 6.96. The zero-order chi connectivity index (χ0) is 12.5. The van der Waals surface area contributed by atoms with Crippen LogP contribution in [0.3, 0.4) is 0 Å². The second-order valence-electron chi connectivity index (χ2n) is 5.64. The predicted octanol–water partition coefficient (Wildman–Crippen LogP) is 1.64. The van der Waals surface area contributed by atoms with Crippen LogP contribution < -0.4 is 4.90 Å². The Balaban J connectivity index is 1.67. The van der Waals surface area contributed by atoms with Gasteiger partial charge in [0, 0.05) is 38.9 Å². The molecule has 1 aromatic carbocycles. The maximum atomic E-state index is 9.52. The van der Waals surface area contributed by atoms with Gasteiger partial charge in [-0.15, -0.1) is 0 Å². The standard InChI is InChI=1S/C15H22N2O/c1-16-7-4-13-10-12(2-3-15(13)16)11-17-8-5-14(18)6-9-17/h2-3,10,14,18H,4-9,11H2,1H3. The Bertz CT molecular complexity index is 425. The summed E-state index contributed by atoms with van der Waals surface area (Å²) >= 11 is 0. The minimum absolute atomic E-state index is 0.0741. The molecule has 0 amide bonds. The third kappa shape index (κ3) is 2.38. The van der Waals surface area contributed by atoms with E-state index in [4.69, 9.17) is 0 Å². The fourth-order valence-corrected chi connectivity index (χ4v) is 3.05. The van der Waals surface area contributed by atoms with Crippen molar-refractivity contribution in [2.75, 3.05) is 31.6 Å². The number of likely N-dealkylation sites (tertiary alicyclic amines) is 1. The molecular weight excluding hydrogens is 224 g/mol. The highest BCUT2D eigenvalue weighted by molar-refractivity contribution is 5.58. The molecule has 1 aromatic rings. The summed E-state index contributed by atoms with van der Waals surface area (Å²) in [5.74, 6) is 0. The van der Waals surface area contributed by atoms with Gasteiger partial charge in [-0.1, -0.05) is 12.1 Å². The predicted molar refractivity (Wildman–Crippen MR) is 73.9 cm³/mol. The molecule has 1 N–H and O–H groups in total. The molecular formula is C15H22N2O. The van der Waals surface area contributed by atoms with E-state index < -0.39 is 0 Å². The molecule has 98 valence electrons. The van der Waals surface area contributed by atoms with Crippen molar-refractivity contribution < 1.29 is 5.11 Å². The van der Waals surface area contributed by atoms with Gasteiger partial charge in [-0.25, -0.2) is 0 Å². The van der Waals surface area contributed by atoms with Gasteiger partial charge in [0.25, 0.3) is 0 Å². The lowest BCUT2D eigenvalue weighted by atomic mass is 10.0. The van der Waals surface area contributed by atoms with Crippen LogP contribution in [0.5, 0.6) is 0 Å². The van der Waals surface area contributed by atoms with Crippen molar-refractivity contribution in [3.8, 4) is 0 Å². The van der Waals surface area contributed by atoms with Crippen LogP contribution in [0.15, 0.2) is 18.2 Å². The number of fused-ring (bicyclic) bond motifs is 1. The molecule has 0 bridgehead atoms. The van der Waals surface area contributed by atoms with E-state index in [0.717, 1.165) is 39.0 Å². The highest BCUT2D eigenvalue weighted by Crippen LogP contribution is 2.28. The highest BCUT2D eigenvalue weighted by atomic mass is 16.3. The topological polar surface area (TPSA) is 26.7 Å². The molecule has 3 rings (SSSR count). The number of benzene rings is 1. The zero-order valence-electron chi connectivity index (χ0n) is 11.1. The van der Waals surface area contributed by atoms with Crippen LogP contribution in [0, 0.1) is 0 Å². The van der Waals surface area contributed by atoms with Crippen LogP contribution in [-0.2, 0) is 13.0 Å². The van der Waals surface area contributed by atoms with Crippen LogP contribution in [0.25, 0.3) is 0 Å². The van der Waals surface area contributed by atoms with Gasteiger partial charge < -0.3 is 10.0 Å². The average Bonchev–Trinajstić information content (AvgIpc) is 2.74. The summed E-state index contributed by atoms with van der Waals surface area (Å²) in [4.78, 5) is 4.78. The lowest BCUT2D eigenvalue weighted by Crippen LogP contribution is -2.35. The Morgan fingerprint density at radius 1 is 1.22 bits per heavy atom. The lowest BCUT2D eigenvalue weighted by Gasteiger charge is -2.29. The van der Waals surface area contributed by atoms with Gasteiger partial charge in [0.2, 0.25) is 0 Å². The summed E-state index contributed by atoms with van der Waals surface area (Å²) in [5, 5.41) is 9.52. The Labute approximate surface area is 109 Å². The van der Waals surface area contributed by atoms with E-state index in [2.05, 4.69) is 35.0 Å². The minimum Gasteiger partial charge on any atom is -0.393 e. The summed E-state index contributed by atoms with van der Waals surface area (Å²) in [7, 11) is 2.16. The highest BCUT2D eigenvalue weighted by Gasteiger charge is 2.19. The van der Waals surface area contributed by atoms with Crippen LogP contribution in [0.4, 0.5) is 5.69 Å². The third-order valence-electron chi connectivity index (χ3n) is 4.23. The number of anilines is 1. The molecule has 0 unspecified atom stereocenters. The Kier molecular flexibility index (Phi) is 3.27. The van der Waals surface area contributed by atoms with Gasteiger partial charge in [-0.2, -0.15) is 0 Å². The van der Waals surface area contributed by atoms with Crippen LogP contribution >= 0.6 is 0 Å². The van der Waals surface area contributed by atoms with Gasteiger partial charge in [-0.3, -0.25) is 4.90 Å². The van der Waals surface area contributed by atoms with Gasteiger partial charge in [0.05, 0.1) is 6.10 Å². The third-order valence-corrected chi connectivity index (χ3v) is 4.23. The first-order valence-corrected chi connectivity index (χ1v) is 6.96. The molecule has 0 aromatic heterocycles. The molecule has 3 heteroatoms. The molecule has 18 heavy (non-hydrogen) atoms. The molecule has 1 saturated heterocycles. The van der Waals surface area contributed by atoms with E-state index >= 15 is 0 Å². The number of nitrogens with zero attached hydrogens (tertiary/aromatic N) is 2. The molecule has 0 aliphatic carbocycles. The van der Waals surface area contributed by atoms with Crippen molar-refractivity contribution in [1.29, 1.82) is 0 Å². The van der Waals surface area contributed by atoms with E-state index in [9.17, 15) is 5.11 Å². The molecule has 2 heterocycles. The van der Waals surface area contributed by atoms with Gasteiger partial charge in [-0.05, 0) is 36.5 Å². The Morgan fingerprint density at radius 2 is 2.00 bits per heavy atom. The zero-order valence-corrected chi connectivity index (χ0v) is 11.1. The second kappa shape index (κ2) is 4.90. The van der Waals surface area contributed by atoms with Gasteiger partial charge >= 0.3 is 0 Å². The van der Waals surface area contributed by atoms with Crippen molar-refractivity contribution in [1.82, 2.24) is 4.90 Å². The van der Waals surface area contributed by atoms with Crippen molar-refractivity contribution >= 4 is 5.69 Å². The smallest absolute Gasteiger partial charge is 0.0564 e. The van der Waals surface area contributed by atoms with Crippen molar-refractivity contribution in [2.45, 2.75) is 31.9 Å². The monoisotopic (exact) mass is 246 g/mol. The fraction of sp³-hybridized carbons (Fsp3) is 0.600. The number of likely N-dealkylation sites (N-methyl/N-ethyl adjacent to an activating group) is 1. The molecule has 1 fully saturated rings. The SMILES string of the molecule is CN1CCc2cc(CN3CCC(O)CC3)ccc21. The molecule has 0 atom stereocenters. The van der Waals surface area contributed by atoms with Crippen LogP contribution in [0.1, 0.15) is 24.0 Å². The maximum absolute atomic E-state index is 9.52. The largest absolute Gasteiger partial charge is 0.393 e. The second-order valence-corrected chi connectivity index (χ2v) is 5.64. The first-order chi connectivity index (χ1) is 8.72. The molecule has 0 radical (unpaired) electrons. The lowest BCUT2D eigenvalue weighted by molar-refractivity contribution is 0.0792.